The van der Waals surface area contributed by atoms with Crippen LogP contribution in [0.3, 0.4) is 0 Å². The number of hydrazone groups is 1. The highest BCUT2D eigenvalue weighted by Gasteiger charge is 2.05. The first kappa shape index (κ1) is 13.7. The lowest BCUT2D eigenvalue weighted by Crippen LogP contribution is -2.19. The maximum absolute atomic E-state index is 13.4. The summed E-state index contributed by atoms with van der Waals surface area (Å²) in [5.41, 5.74) is 2.49. The van der Waals surface area contributed by atoms with Crippen molar-refractivity contribution in [1.82, 2.24) is 5.43 Å². The zero-order valence-electron chi connectivity index (χ0n) is 9.77. The molecular formula is C13H10ClFN2OS. The first-order valence-corrected chi connectivity index (χ1v) is 6.71. The van der Waals surface area contributed by atoms with Gasteiger partial charge in [-0.3, -0.25) is 4.79 Å². The zero-order chi connectivity index (χ0) is 13.7. The molecule has 2 aromatic rings. The lowest BCUT2D eigenvalue weighted by atomic mass is 10.2. The van der Waals surface area contributed by atoms with E-state index in [0.29, 0.717) is 0 Å². The van der Waals surface area contributed by atoms with Crippen LogP contribution in [0.25, 0.3) is 0 Å². The topological polar surface area (TPSA) is 41.5 Å². The molecule has 1 aromatic carbocycles. The Hall–Kier alpha value is -1.72. The van der Waals surface area contributed by atoms with Gasteiger partial charge in [0.2, 0.25) is 5.91 Å². The fourth-order valence-electron chi connectivity index (χ4n) is 1.41. The number of halogens is 2. The van der Waals surface area contributed by atoms with Gasteiger partial charge in [0.25, 0.3) is 0 Å². The summed E-state index contributed by atoms with van der Waals surface area (Å²) in [4.78, 5) is 12.5. The Morgan fingerprint density at radius 1 is 1.42 bits per heavy atom. The van der Waals surface area contributed by atoms with Gasteiger partial charge < -0.3 is 0 Å². The molecule has 0 aliphatic heterocycles. The fourth-order valence-corrected chi connectivity index (χ4v) is 2.33. The van der Waals surface area contributed by atoms with Crippen LogP contribution in [0.1, 0.15) is 10.4 Å². The van der Waals surface area contributed by atoms with E-state index in [1.165, 1.54) is 29.7 Å². The average molecular weight is 297 g/mol. The van der Waals surface area contributed by atoms with E-state index < -0.39 is 5.82 Å². The van der Waals surface area contributed by atoms with Crippen LogP contribution in [0.15, 0.2) is 40.8 Å². The summed E-state index contributed by atoms with van der Waals surface area (Å²) in [6.45, 7) is 0. The van der Waals surface area contributed by atoms with Gasteiger partial charge in [0.1, 0.15) is 5.82 Å². The van der Waals surface area contributed by atoms with Crippen molar-refractivity contribution in [3.63, 3.8) is 0 Å². The minimum atomic E-state index is -0.483. The van der Waals surface area contributed by atoms with Gasteiger partial charge in [-0.05, 0) is 23.6 Å². The third-order valence-corrected chi connectivity index (χ3v) is 3.50. The van der Waals surface area contributed by atoms with Gasteiger partial charge in [0.05, 0.1) is 17.7 Å². The molecule has 0 fully saturated rings. The summed E-state index contributed by atoms with van der Waals surface area (Å²) in [5.74, 6) is -0.741. The predicted octanol–water partition coefficient (Wildman–Crippen LogP) is 3.23. The molecule has 0 atom stereocenters. The number of hydrogen-bond acceptors (Lipinski definition) is 3. The lowest BCUT2D eigenvalue weighted by molar-refractivity contribution is -0.120. The molecule has 0 radical (unpaired) electrons. The van der Waals surface area contributed by atoms with Gasteiger partial charge in [-0.1, -0.05) is 23.7 Å². The highest BCUT2D eigenvalue weighted by molar-refractivity contribution is 7.10. The molecule has 1 N–H and O–H groups in total. The Morgan fingerprint density at radius 3 is 2.95 bits per heavy atom. The SMILES string of the molecule is O=C(Cc1cccs1)N/N=C\c1c(F)cccc1Cl. The Labute approximate surface area is 118 Å². The summed E-state index contributed by atoms with van der Waals surface area (Å²) < 4.78 is 13.4. The molecule has 0 aliphatic carbocycles. The quantitative estimate of drug-likeness (QED) is 0.683. The molecule has 19 heavy (non-hydrogen) atoms. The molecule has 1 amide bonds. The molecule has 6 heteroatoms. The van der Waals surface area contributed by atoms with Gasteiger partial charge in [0.15, 0.2) is 0 Å². The molecule has 0 saturated heterocycles. The third-order valence-electron chi connectivity index (χ3n) is 2.30. The van der Waals surface area contributed by atoms with E-state index in [0.717, 1.165) is 4.88 Å². The van der Waals surface area contributed by atoms with E-state index in [1.807, 2.05) is 17.5 Å². The van der Waals surface area contributed by atoms with Gasteiger partial charge in [-0.15, -0.1) is 11.3 Å². The van der Waals surface area contributed by atoms with Crippen LogP contribution < -0.4 is 5.43 Å². The zero-order valence-corrected chi connectivity index (χ0v) is 11.3. The number of amides is 1. The van der Waals surface area contributed by atoms with Crippen molar-refractivity contribution in [1.29, 1.82) is 0 Å². The third kappa shape index (κ3) is 3.87. The number of carbonyl (C=O) groups is 1. The Morgan fingerprint density at radius 2 is 2.26 bits per heavy atom. The summed E-state index contributed by atoms with van der Waals surface area (Å²) in [6.07, 6.45) is 1.45. The van der Waals surface area contributed by atoms with E-state index >= 15 is 0 Å². The van der Waals surface area contributed by atoms with Crippen molar-refractivity contribution in [2.45, 2.75) is 6.42 Å². The van der Waals surface area contributed by atoms with Gasteiger partial charge >= 0.3 is 0 Å². The molecule has 0 unspecified atom stereocenters. The molecular weight excluding hydrogens is 287 g/mol. The standard InChI is InChI=1S/C13H10ClFN2OS/c14-11-4-1-5-12(15)10(11)8-16-17-13(18)7-9-3-2-6-19-9/h1-6,8H,7H2,(H,17,18)/b16-8-. The lowest BCUT2D eigenvalue weighted by Gasteiger charge is -2.00. The van der Waals surface area contributed by atoms with E-state index in [1.54, 1.807) is 6.07 Å². The van der Waals surface area contributed by atoms with E-state index in [2.05, 4.69) is 10.5 Å². The number of thiophene rings is 1. The van der Waals surface area contributed by atoms with E-state index in [4.69, 9.17) is 11.6 Å². The number of rotatable bonds is 4. The smallest absolute Gasteiger partial charge is 0.245 e. The van der Waals surface area contributed by atoms with Crippen LogP contribution in [0.5, 0.6) is 0 Å². The van der Waals surface area contributed by atoms with Crippen LogP contribution in [-0.2, 0) is 11.2 Å². The van der Waals surface area contributed by atoms with Crippen molar-refractivity contribution < 1.29 is 9.18 Å². The average Bonchev–Trinajstić information content (AvgIpc) is 2.85. The summed E-state index contributed by atoms with van der Waals surface area (Å²) in [5, 5.41) is 5.84. The molecule has 0 spiro atoms. The van der Waals surface area contributed by atoms with Crippen molar-refractivity contribution in [3.8, 4) is 0 Å². The maximum atomic E-state index is 13.4. The van der Waals surface area contributed by atoms with Gasteiger partial charge in [-0.2, -0.15) is 5.10 Å². The molecule has 1 aromatic heterocycles. The Kier molecular flexibility index (Phi) is 4.65. The second kappa shape index (κ2) is 6.45. The van der Waals surface area contributed by atoms with Crippen molar-refractivity contribution >= 4 is 35.1 Å². The molecule has 0 bridgehead atoms. The van der Waals surface area contributed by atoms with Gasteiger partial charge in [-0.25, -0.2) is 9.82 Å². The van der Waals surface area contributed by atoms with Gasteiger partial charge in [0, 0.05) is 10.4 Å². The second-order valence-corrected chi connectivity index (χ2v) is 5.12. The molecule has 1 heterocycles. The first-order chi connectivity index (χ1) is 9.16. The van der Waals surface area contributed by atoms with Crippen LogP contribution in [0, 0.1) is 5.82 Å². The minimum Gasteiger partial charge on any atom is -0.273 e. The van der Waals surface area contributed by atoms with E-state index in [9.17, 15) is 9.18 Å². The largest absolute Gasteiger partial charge is 0.273 e. The Bertz CT molecular complexity index is 578. The number of nitrogens with one attached hydrogen (secondary N) is 1. The maximum Gasteiger partial charge on any atom is 0.245 e. The van der Waals surface area contributed by atoms with E-state index in [-0.39, 0.29) is 22.9 Å². The first-order valence-electron chi connectivity index (χ1n) is 5.45. The monoisotopic (exact) mass is 296 g/mol. The van der Waals surface area contributed by atoms with Crippen LogP contribution >= 0.6 is 22.9 Å². The minimum absolute atomic E-state index is 0.153. The molecule has 0 aliphatic rings. The summed E-state index contributed by atoms with van der Waals surface area (Å²) in [6, 6.07) is 8.07. The normalized spacial score (nSPS) is 10.8. The predicted molar refractivity (Wildman–Crippen MR) is 75.2 cm³/mol. The fraction of sp³-hybridized carbons (Fsp3) is 0.0769. The number of hydrogen-bond donors (Lipinski definition) is 1. The second-order valence-electron chi connectivity index (χ2n) is 3.68. The van der Waals surface area contributed by atoms with Crippen LogP contribution in [-0.4, -0.2) is 12.1 Å². The van der Waals surface area contributed by atoms with Crippen molar-refractivity contribution in [2.24, 2.45) is 5.10 Å². The highest BCUT2D eigenvalue weighted by Crippen LogP contribution is 2.16. The number of benzene rings is 1. The molecule has 98 valence electrons. The highest BCUT2D eigenvalue weighted by atomic mass is 35.5. The summed E-state index contributed by atoms with van der Waals surface area (Å²) in [7, 11) is 0. The van der Waals surface area contributed by atoms with Crippen molar-refractivity contribution in [2.75, 3.05) is 0 Å². The Balaban J connectivity index is 1.95. The molecule has 0 saturated carbocycles. The van der Waals surface area contributed by atoms with Crippen molar-refractivity contribution in [3.05, 3.63) is 57.0 Å². The number of carbonyl (C=O) groups excluding carboxylic acids is 1. The van der Waals surface area contributed by atoms with Crippen LogP contribution in [0.2, 0.25) is 5.02 Å². The van der Waals surface area contributed by atoms with Crippen LogP contribution in [0.4, 0.5) is 4.39 Å². The summed E-state index contributed by atoms with van der Waals surface area (Å²) >= 11 is 7.31. The number of nitrogens with zero attached hydrogens (tertiary/aromatic N) is 1. The molecule has 3 nitrogen and oxygen atoms in total. The molecule has 2 rings (SSSR count).